The second-order valence-electron chi connectivity index (χ2n) is 7.50. The van der Waals surface area contributed by atoms with Crippen LogP contribution in [0.5, 0.6) is 0 Å². The van der Waals surface area contributed by atoms with Crippen molar-refractivity contribution in [2.45, 2.75) is 62.7 Å². The molecule has 0 radical (unpaired) electrons. The highest BCUT2D eigenvalue weighted by Crippen LogP contribution is 2.36. The van der Waals surface area contributed by atoms with Gasteiger partial charge in [0.1, 0.15) is 0 Å². The third-order valence-corrected chi connectivity index (χ3v) is 6.56. The quantitative estimate of drug-likeness (QED) is 0.817. The maximum atomic E-state index is 6.29. The van der Waals surface area contributed by atoms with Gasteiger partial charge in [-0.2, -0.15) is 0 Å². The third-order valence-electron chi connectivity index (χ3n) is 6.56. The molecule has 3 aliphatic rings. The lowest BCUT2D eigenvalue weighted by atomic mass is 9.81. The standard InChI is InChI=1S/C16H32N4/c1-13-10-16(12-17,7-9-18(13)2)20-8-6-14-4-5-15(11-20)19(14)3/h13-15H,4-12,17H2,1-3H3. The summed E-state index contributed by atoms with van der Waals surface area (Å²) >= 11 is 0. The Bertz CT molecular complexity index is 347. The molecule has 0 aliphatic carbocycles. The van der Waals surface area contributed by atoms with Crippen LogP contribution in [0.3, 0.4) is 0 Å². The van der Waals surface area contributed by atoms with Crippen LogP contribution in [-0.2, 0) is 0 Å². The Labute approximate surface area is 124 Å². The van der Waals surface area contributed by atoms with Crippen LogP contribution in [0, 0.1) is 0 Å². The predicted octanol–water partition coefficient (Wildman–Crippen LogP) is 0.967. The summed E-state index contributed by atoms with van der Waals surface area (Å²) in [5.74, 6) is 0. The van der Waals surface area contributed by atoms with Crippen molar-refractivity contribution in [1.29, 1.82) is 0 Å². The zero-order valence-corrected chi connectivity index (χ0v) is 13.5. The minimum absolute atomic E-state index is 0.261. The van der Waals surface area contributed by atoms with Crippen molar-refractivity contribution in [3.63, 3.8) is 0 Å². The molecule has 0 aromatic carbocycles. The monoisotopic (exact) mass is 280 g/mol. The Hall–Kier alpha value is -0.160. The van der Waals surface area contributed by atoms with E-state index in [2.05, 4.69) is 35.7 Å². The average molecular weight is 280 g/mol. The summed E-state index contributed by atoms with van der Waals surface area (Å²) in [4.78, 5) is 7.91. The molecular formula is C16H32N4. The van der Waals surface area contributed by atoms with Crippen LogP contribution in [0.1, 0.15) is 39.0 Å². The first kappa shape index (κ1) is 14.8. The van der Waals surface area contributed by atoms with Gasteiger partial charge in [0.25, 0.3) is 0 Å². The Balaban J connectivity index is 1.76. The van der Waals surface area contributed by atoms with Gasteiger partial charge in [-0.1, -0.05) is 0 Å². The van der Waals surface area contributed by atoms with Gasteiger partial charge in [-0.3, -0.25) is 9.80 Å². The summed E-state index contributed by atoms with van der Waals surface area (Å²) in [6.07, 6.45) is 6.60. The first-order chi connectivity index (χ1) is 9.55. The second-order valence-corrected chi connectivity index (χ2v) is 7.50. The molecule has 3 rings (SSSR count). The molecule has 2 N–H and O–H groups in total. The molecule has 0 amide bonds. The molecular weight excluding hydrogens is 248 g/mol. The first-order valence-corrected chi connectivity index (χ1v) is 8.43. The number of likely N-dealkylation sites (N-methyl/N-ethyl adjacent to an activating group) is 1. The number of likely N-dealkylation sites (tertiary alicyclic amines) is 2. The molecule has 3 saturated heterocycles. The molecule has 0 spiro atoms. The molecule has 4 atom stereocenters. The highest BCUT2D eigenvalue weighted by atomic mass is 15.3. The van der Waals surface area contributed by atoms with Crippen molar-refractivity contribution in [2.24, 2.45) is 5.73 Å². The predicted molar refractivity (Wildman–Crippen MR) is 83.9 cm³/mol. The van der Waals surface area contributed by atoms with Crippen LogP contribution in [0.25, 0.3) is 0 Å². The van der Waals surface area contributed by atoms with Gasteiger partial charge in [0, 0.05) is 43.3 Å². The topological polar surface area (TPSA) is 35.7 Å². The van der Waals surface area contributed by atoms with Gasteiger partial charge >= 0.3 is 0 Å². The van der Waals surface area contributed by atoms with Gasteiger partial charge in [-0.25, -0.2) is 0 Å². The number of nitrogens with zero attached hydrogens (tertiary/aromatic N) is 3. The van der Waals surface area contributed by atoms with Gasteiger partial charge < -0.3 is 10.6 Å². The number of hydrogen-bond donors (Lipinski definition) is 1. The molecule has 0 saturated carbocycles. The minimum Gasteiger partial charge on any atom is -0.329 e. The van der Waals surface area contributed by atoms with Crippen LogP contribution in [0.2, 0.25) is 0 Å². The van der Waals surface area contributed by atoms with E-state index in [1.54, 1.807) is 0 Å². The highest BCUT2D eigenvalue weighted by Gasteiger charge is 2.44. The summed E-state index contributed by atoms with van der Waals surface area (Å²) in [5, 5.41) is 0. The van der Waals surface area contributed by atoms with Gasteiger partial charge in [0.05, 0.1) is 0 Å². The molecule has 4 heteroatoms. The van der Waals surface area contributed by atoms with Crippen LogP contribution in [0.15, 0.2) is 0 Å². The van der Waals surface area contributed by atoms with Gasteiger partial charge in [0.2, 0.25) is 0 Å². The molecule has 0 aromatic rings. The SMILES string of the molecule is CC1CC(CN)(N2CCC3CCC(C2)N3C)CCN1C. The minimum atomic E-state index is 0.261. The van der Waals surface area contributed by atoms with Gasteiger partial charge in [0.15, 0.2) is 0 Å². The van der Waals surface area contributed by atoms with E-state index >= 15 is 0 Å². The molecule has 3 fully saturated rings. The van der Waals surface area contributed by atoms with Gasteiger partial charge in [-0.15, -0.1) is 0 Å². The van der Waals surface area contributed by atoms with Crippen molar-refractivity contribution in [3.05, 3.63) is 0 Å². The Morgan fingerprint density at radius 3 is 2.55 bits per heavy atom. The smallest absolute Gasteiger partial charge is 0.0359 e. The maximum absolute atomic E-state index is 6.29. The van der Waals surface area contributed by atoms with E-state index in [-0.39, 0.29) is 5.54 Å². The normalized spacial score (nSPS) is 44.7. The molecule has 3 aliphatic heterocycles. The zero-order valence-electron chi connectivity index (χ0n) is 13.5. The summed E-state index contributed by atoms with van der Waals surface area (Å²) in [6, 6.07) is 2.25. The largest absolute Gasteiger partial charge is 0.329 e. The fourth-order valence-electron chi connectivity index (χ4n) is 4.75. The van der Waals surface area contributed by atoms with Gasteiger partial charge in [-0.05, 0) is 59.7 Å². The van der Waals surface area contributed by atoms with Crippen molar-refractivity contribution in [2.75, 3.05) is 40.3 Å². The average Bonchev–Trinajstić information content (AvgIpc) is 2.67. The molecule has 20 heavy (non-hydrogen) atoms. The summed E-state index contributed by atoms with van der Waals surface area (Å²) < 4.78 is 0. The highest BCUT2D eigenvalue weighted by molar-refractivity contribution is 5.02. The van der Waals surface area contributed by atoms with E-state index in [4.69, 9.17) is 5.73 Å². The molecule has 3 heterocycles. The number of nitrogens with two attached hydrogens (primary N) is 1. The van der Waals surface area contributed by atoms with E-state index < -0.39 is 0 Å². The van der Waals surface area contributed by atoms with Crippen molar-refractivity contribution < 1.29 is 0 Å². The van der Waals surface area contributed by atoms with E-state index in [1.807, 2.05) is 0 Å². The number of hydrogen-bond acceptors (Lipinski definition) is 4. The summed E-state index contributed by atoms with van der Waals surface area (Å²) in [7, 11) is 4.58. The molecule has 2 bridgehead atoms. The Morgan fingerprint density at radius 2 is 1.85 bits per heavy atom. The van der Waals surface area contributed by atoms with Crippen LogP contribution in [0.4, 0.5) is 0 Å². The Morgan fingerprint density at radius 1 is 1.10 bits per heavy atom. The van der Waals surface area contributed by atoms with Crippen molar-refractivity contribution in [3.8, 4) is 0 Å². The molecule has 116 valence electrons. The maximum Gasteiger partial charge on any atom is 0.0359 e. The first-order valence-electron chi connectivity index (χ1n) is 8.43. The lowest BCUT2D eigenvalue weighted by Gasteiger charge is -2.51. The zero-order chi connectivity index (χ0) is 14.3. The molecule has 0 aromatic heterocycles. The van der Waals surface area contributed by atoms with E-state index in [1.165, 1.54) is 51.7 Å². The fourth-order valence-corrected chi connectivity index (χ4v) is 4.75. The second kappa shape index (κ2) is 5.56. The molecule has 4 unspecified atom stereocenters. The van der Waals surface area contributed by atoms with E-state index in [9.17, 15) is 0 Å². The fraction of sp³-hybridized carbons (Fsp3) is 1.00. The molecule has 4 nitrogen and oxygen atoms in total. The number of fused-ring (bicyclic) bond motifs is 2. The Kier molecular flexibility index (Phi) is 4.10. The van der Waals surface area contributed by atoms with E-state index in [0.29, 0.717) is 6.04 Å². The van der Waals surface area contributed by atoms with Crippen LogP contribution in [-0.4, -0.2) is 78.6 Å². The lowest BCUT2D eigenvalue weighted by molar-refractivity contribution is 0.00565. The number of rotatable bonds is 2. The lowest BCUT2D eigenvalue weighted by Crippen LogP contribution is -2.62. The third kappa shape index (κ3) is 2.41. The van der Waals surface area contributed by atoms with Crippen LogP contribution < -0.4 is 5.73 Å². The van der Waals surface area contributed by atoms with E-state index in [0.717, 1.165) is 18.6 Å². The van der Waals surface area contributed by atoms with Crippen molar-refractivity contribution in [1.82, 2.24) is 14.7 Å². The van der Waals surface area contributed by atoms with Crippen molar-refractivity contribution >= 4 is 0 Å². The summed E-state index contributed by atoms with van der Waals surface area (Å²) in [5.41, 5.74) is 6.55. The summed E-state index contributed by atoms with van der Waals surface area (Å²) in [6.45, 7) is 6.87. The van der Waals surface area contributed by atoms with Crippen LogP contribution >= 0.6 is 0 Å². The number of piperidine rings is 1.